The van der Waals surface area contributed by atoms with E-state index in [0.29, 0.717) is 5.02 Å². The summed E-state index contributed by atoms with van der Waals surface area (Å²) in [6.07, 6.45) is 0.265. The highest BCUT2D eigenvalue weighted by Gasteiger charge is 2.32. The molecule has 0 saturated carbocycles. The Hall–Kier alpha value is -3.72. The number of amides is 2. The van der Waals surface area contributed by atoms with Crippen LogP contribution < -0.4 is 5.32 Å². The number of sulfonamides is 1. The van der Waals surface area contributed by atoms with Crippen LogP contribution in [0, 0.1) is 0 Å². The summed E-state index contributed by atoms with van der Waals surface area (Å²) >= 11 is 6.05. The topological polar surface area (TPSA) is 86.8 Å². The van der Waals surface area contributed by atoms with Crippen molar-refractivity contribution in [1.82, 2.24) is 14.5 Å². The molecule has 0 radical (unpaired) electrons. The fraction of sp³-hybridized carbons (Fsp3) is 0.200. The third-order valence-corrected chi connectivity index (χ3v) is 8.62. The van der Waals surface area contributed by atoms with Crippen molar-refractivity contribution in [3.63, 3.8) is 0 Å². The minimum Gasteiger partial charge on any atom is -0.357 e. The number of likely N-dealkylation sites (N-methyl/N-ethyl adjacent to an activating group) is 2. The first-order chi connectivity index (χ1) is 18.7. The van der Waals surface area contributed by atoms with Gasteiger partial charge in [0.05, 0.1) is 11.4 Å². The van der Waals surface area contributed by atoms with Gasteiger partial charge in [-0.15, -0.1) is 0 Å². The Morgan fingerprint density at radius 3 is 2.15 bits per heavy atom. The summed E-state index contributed by atoms with van der Waals surface area (Å²) in [6.45, 7) is -0.337. The second-order valence-electron chi connectivity index (χ2n) is 9.24. The zero-order chi connectivity index (χ0) is 28.0. The molecule has 7 nitrogen and oxygen atoms in total. The summed E-state index contributed by atoms with van der Waals surface area (Å²) in [6, 6.07) is 27.8. The van der Waals surface area contributed by atoms with Crippen LogP contribution in [0.15, 0.2) is 102 Å². The number of hydrogen-bond acceptors (Lipinski definition) is 4. The Balaban J connectivity index is 1.64. The molecule has 0 fully saturated rings. The lowest BCUT2D eigenvalue weighted by Crippen LogP contribution is -2.52. The zero-order valence-corrected chi connectivity index (χ0v) is 23.3. The molecule has 0 unspecified atom stereocenters. The van der Waals surface area contributed by atoms with E-state index in [0.717, 1.165) is 26.2 Å². The number of halogens is 1. The molecular weight excluding hydrogens is 534 g/mol. The summed E-state index contributed by atoms with van der Waals surface area (Å²) in [4.78, 5) is 28.4. The molecule has 39 heavy (non-hydrogen) atoms. The van der Waals surface area contributed by atoms with E-state index in [2.05, 4.69) is 5.32 Å². The minimum atomic E-state index is -3.98. The molecule has 0 heterocycles. The first kappa shape index (κ1) is 28.3. The van der Waals surface area contributed by atoms with E-state index in [1.54, 1.807) is 36.4 Å². The number of nitrogens with zero attached hydrogens (tertiary/aromatic N) is 2. The Morgan fingerprint density at radius 1 is 0.846 bits per heavy atom. The van der Waals surface area contributed by atoms with E-state index >= 15 is 0 Å². The van der Waals surface area contributed by atoms with E-state index in [1.165, 1.54) is 25.1 Å². The third-order valence-electron chi connectivity index (χ3n) is 6.57. The first-order valence-corrected chi connectivity index (χ1v) is 14.3. The van der Waals surface area contributed by atoms with Crippen molar-refractivity contribution < 1.29 is 18.0 Å². The summed E-state index contributed by atoms with van der Waals surface area (Å²) in [5, 5.41) is 4.90. The van der Waals surface area contributed by atoms with Crippen molar-refractivity contribution in [2.24, 2.45) is 0 Å². The van der Waals surface area contributed by atoms with Crippen LogP contribution >= 0.6 is 11.6 Å². The normalized spacial score (nSPS) is 12.3. The van der Waals surface area contributed by atoms with Crippen molar-refractivity contribution >= 4 is 44.2 Å². The third kappa shape index (κ3) is 6.84. The van der Waals surface area contributed by atoms with Crippen LogP contribution in [0.25, 0.3) is 10.8 Å². The Kier molecular flexibility index (Phi) is 9.01. The van der Waals surface area contributed by atoms with Crippen LogP contribution in [0.4, 0.5) is 0 Å². The number of fused-ring (bicyclic) bond motifs is 1. The number of rotatable bonds is 10. The van der Waals surface area contributed by atoms with Gasteiger partial charge in [-0.2, -0.15) is 4.31 Å². The van der Waals surface area contributed by atoms with E-state index in [-0.39, 0.29) is 23.8 Å². The Bertz CT molecular complexity index is 1560. The quantitative estimate of drug-likeness (QED) is 0.308. The highest BCUT2D eigenvalue weighted by molar-refractivity contribution is 7.89. The molecule has 4 rings (SSSR count). The highest BCUT2D eigenvalue weighted by atomic mass is 35.5. The highest BCUT2D eigenvalue weighted by Crippen LogP contribution is 2.22. The van der Waals surface area contributed by atoms with Gasteiger partial charge in [0.2, 0.25) is 21.8 Å². The molecule has 1 atom stereocenters. The minimum absolute atomic E-state index is 0.0906. The second kappa shape index (κ2) is 12.4. The van der Waals surface area contributed by atoms with Crippen LogP contribution in [0.1, 0.15) is 11.1 Å². The smallest absolute Gasteiger partial charge is 0.243 e. The van der Waals surface area contributed by atoms with Crippen LogP contribution in [0.3, 0.4) is 0 Å². The molecule has 9 heteroatoms. The van der Waals surface area contributed by atoms with E-state index < -0.39 is 28.5 Å². The number of benzene rings is 4. The maximum Gasteiger partial charge on any atom is 0.243 e. The molecule has 0 aliphatic rings. The SMILES string of the molecule is CNC(=O)[C@H](Cc1ccccc1)N(Cc1ccc(Cl)cc1)C(=O)CN(C)S(=O)(=O)c1ccc2ccccc2c1. The van der Waals surface area contributed by atoms with Crippen molar-refractivity contribution in [2.75, 3.05) is 20.6 Å². The van der Waals surface area contributed by atoms with Gasteiger partial charge in [0.25, 0.3) is 0 Å². The molecule has 202 valence electrons. The maximum absolute atomic E-state index is 13.8. The van der Waals surface area contributed by atoms with Gasteiger partial charge in [0.15, 0.2) is 0 Å². The summed E-state index contributed by atoms with van der Waals surface area (Å²) in [5.74, 6) is -0.845. The van der Waals surface area contributed by atoms with Gasteiger partial charge in [0, 0.05) is 32.1 Å². The molecule has 0 aliphatic carbocycles. The van der Waals surface area contributed by atoms with Gasteiger partial charge in [-0.25, -0.2) is 8.42 Å². The largest absolute Gasteiger partial charge is 0.357 e. The number of carbonyl (C=O) groups excluding carboxylic acids is 2. The van der Waals surface area contributed by atoms with Crippen molar-refractivity contribution in [3.05, 3.63) is 113 Å². The molecular formula is C30H30ClN3O4S. The lowest BCUT2D eigenvalue weighted by atomic mass is 10.0. The van der Waals surface area contributed by atoms with Crippen LogP contribution in [-0.2, 0) is 32.6 Å². The second-order valence-corrected chi connectivity index (χ2v) is 11.7. The van der Waals surface area contributed by atoms with Gasteiger partial charge >= 0.3 is 0 Å². The monoisotopic (exact) mass is 563 g/mol. The van der Waals surface area contributed by atoms with Gasteiger partial charge in [-0.05, 0) is 46.2 Å². The maximum atomic E-state index is 13.8. The van der Waals surface area contributed by atoms with Crippen LogP contribution in [0.5, 0.6) is 0 Å². The molecule has 0 aromatic heterocycles. The van der Waals surface area contributed by atoms with Gasteiger partial charge in [-0.1, -0.05) is 84.4 Å². The summed E-state index contributed by atoms with van der Waals surface area (Å²) < 4.78 is 27.9. The summed E-state index contributed by atoms with van der Waals surface area (Å²) in [7, 11) is -1.09. The fourth-order valence-electron chi connectivity index (χ4n) is 4.38. The molecule has 0 bridgehead atoms. The molecule has 0 saturated heterocycles. The van der Waals surface area contributed by atoms with Crippen LogP contribution in [0.2, 0.25) is 5.02 Å². The number of carbonyl (C=O) groups is 2. The lowest BCUT2D eigenvalue weighted by Gasteiger charge is -2.32. The fourth-order valence-corrected chi connectivity index (χ4v) is 5.66. The lowest BCUT2D eigenvalue weighted by molar-refractivity contribution is -0.141. The molecule has 1 N–H and O–H groups in total. The molecule has 0 spiro atoms. The van der Waals surface area contributed by atoms with Gasteiger partial charge in [0.1, 0.15) is 6.04 Å². The van der Waals surface area contributed by atoms with E-state index in [9.17, 15) is 18.0 Å². The van der Waals surface area contributed by atoms with Crippen molar-refractivity contribution in [1.29, 1.82) is 0 Å². The number of nitrogens with one attached hydrogen (secondary N) is 1. The Morgan fingerprint density at radius 2 is 1.49 bits per heavy atom. The predicted octanol–water partition coefficient (Wildman–Crippen LogP) is 4.50. The standard InChI is InChI=1S/C30H30ClN3O4S/c1-32-30(36)28(18-22-8-4-3-5-9-22)34(20-23-12-15-26(31)16-13-23)29(35)21-33(2)39(37,38)27-17-14-24-10-6-7-11-25(24)19-27/h3-17,19,28H,18,20-21H2,1-2H3,(H,32,36)/t28-/m0/s1. The van der Waals surface area contributed by atoms with Gasteiger partial charge in [-0.3, -0.25) is 9.59 Å². The van der Waals surface area contributed by atoms with Crippen molar-refractivity contribution in [3.8, 4) is 0 Å². The van der Waals surface area contributed by atoms with E-state index in [1.807, 2.05) is 54.6 Å². The zero-order valence-electron chi connectivity index (χ0n) is 21.7. The summed E-state index contributed by atoms with van der Waals surface area (Å²) in [5.41, 5.74) is 1.63. The average molecular weight is 564 g/mol. The molecule has 4 aromatic carbocycles. The van der Waals surface area contributed by atoms with Crippen LogP contribution in [-0.4, -0.2) is 56.1 Å². The number of hydrogen-bond donors (Lipinski definition) is 1. The molecule has 0 aliphatic heterocycles. The van der Waals surface area contributed by atoms with Gasteiger partial charge < -0.3 is 10.2 Å². The molecule has 2 amide bonds. The van der Waals surface area contributed by atoms with Crippen molar-refractivity contribution in [2.45, 2.75) is 23.9 Å². The Labute approximate surface area is 234 Å². The molecule has 4 aromatic rings. The predicted molar refractivity (Wildman–Crippen MR) is 154 cm³/mol. The first-order valence-electron chi connectivity index (χ1n) is 12.4. The van der Waals surface area contributed by atoms with E-state index in [4.69, 9.17) is 11.6 Å². The average Bonchev–Trinajstić information content (AvgIpc) is 2.95.